The maximum absolute atomic E-state index is 12.2. The fourth-order valence-electron chi connectivity index (χ4n) is 2.49. The van der Waals surface area contributed by atoms with Gasteiger partial charge in [0.2, 0.25) is 5.69 Å². The molecule has 0 aliphatic rings. The number of nitrogens with zero attached hydrogens (tertiary/aromatic N) is 3. The lowest BCUT2D eigenvalue weighted by Gasteiger charge is -2.13. The maximum Gasteiger partial charge on any atom is 0.320 e. The van der Waals surface area contributed by atoms with Crippen molar-refractivity contribution in [1.82, 2.24) is 15.1 Å². The molecule has 1 unspecified atom stereocenters. The van der Waals surface area contributed by atoms with Crippen LogP contribution in [0.4, 0.5) is 5.69 Å². The normalized spacial score (nSPS) is 11.6. The third-order valence-corrected chi connectivity index (χ3v) is 3.80. The lowest BCUT2D eigenvalue weighted by Crippen LogP contribution is -2.34. The predicted molar refractivity (Wildman–Crippen MR) is 94.6 cm³/mol. The number of rotatable bonds is 9. The van der Waals surface area contributed by atoms with E-state index < -0.39 is 28.4 Å². The molecule has 27 heavy (non-hydrogen) atoms. The Hall–Kier alpha value is -3.43. The van der Waals surface area contributed by atoms with Crippen LogP contribution in [0.1, 0.15) is 23.0 Å². The highest BCUT2D eigenvalue weighted by atomic mass is 16.6. The van der Waals surface area contributed by atoms with E-state index in [1.165, 1.54) is 7.05 Å². The van der Waals surface area contributed by atoms with E-state index in [0.717, 1.165) is 16.4 Å². The van der Waals surface area contributed by atoms with Gasteiger partial charge in [-0.15, -0.1) is 0 Å². The Morgan fingerprint density at radius 1 is 1.37 bits per heavy atom. The van der Waals surface area contributed by atoms with Crippen molar-refractivity contribution in [2.75, 3.05) is 13.2 Å². The van der Waals surface area contributed by atoms with E-state index in [0.29, 0.717) is 12.4 Å². The zero-order chi connectivity index (χ0) is 20.0. The molecule has 2 N–H and O–H groups in total. The SMILES string of the molecule is CCOc1ccc(CC(CNC(=O)c2nn(C)cc2[N+](=O)[O-])C(=O)O)cc1. The molecule has 0 bridgehead atoms. The molecule has 2 rings (SSSR count). The highest BCUT2D eigenvalue weighted by Gasteiger charge is 2.26. The minimum Gasteiger partial charge on any atom is -0.494 e. The molecule has 0 aliphatic heterocycles. The second-order valence-electron chi connectivity index (χ2n) is 5.82. The van der Waals surface area contributed by atoms with Gasteiger partial charge >= 0.3 is 11.7 Å². The van der Waals surface area contributed by atoms with Crippen molar-refractivity contribution < 1.29 is 24.4 Å². The summed E-state index contributed by atoms with van der Waals surface area (Å²) in [5.74, 6) is -2.08. The molecule has 10 heteroatoms. The van der Waals surface area contributed by atoms with Crippen LogP contribution < -0.4 is 10.1 Å². The second-order valence-corrected chi connectivity index (χ2v) is 5.82. The molecule has 0 aliphatic carbocycles. The summed E-state index contributed by atoms with van der Waals surface area (Å²) in [6, 6.07) is 7.00. The second kappa shape index (κ2) is 8.79. The van der Waals surface area contributed by atoms with Crippen LogP contribution in [0.2, 0.25) is 0 Å². The number of aryl methyl sites for hydroxylation is 1. The first-order valence-electron chi connectivity index (χ1n) is 8.22. The van der Waals surface area contributed by atoms with E-state index in [-0.39, 0.29) is 18.7 Å². The molecule has 0 fully saturated rings. The largest absolute Gasteiger partial charge is 0.494 e. The zero-order valence-electron chi connectivity index (χ0n) is 14.9. The molecule has 0 saturated carbocycles. The summed E-state index contributed by atoms with van der Waals surface area (Å²) in [4.78, 5) is 33.9. The number of hydrogen-bond donors (Lipinski definition) is 2. The van der Waals surface area contributed by atoms with Crippen molar-refractivity contribution in [3.8, 4) is 5.75 Å². The van der Waals surface area contributed by atoms with Crippen LogP contribution in [0.3, 0.4) is 0 Å². The highest BCUT2D eigenvalue weighted by Crippen LogP contribution is 2.17. The first kappa shape index (κ1) is 19.9. The number of carboxylic acids is 1. The van der Waals surface area contributed by atoms with Crippen LogP contribution >= 0.6 is 0 Å². The maximum atomic E-state index is 12.2. The molecule has 1 aromatic heterocycles. The Balaban J connectivity index is 2.03. The summed E-state index contributed by atoms with van der Waals surface area (Å²) in [5, 5.41) is 26.6. The van der Waals surface area contributed by atoms with Crippen LogP contribution in [-0.4, -0.2) is 44.8 Å². The Kier molecular flexibility index (Phi) is 6.47. The van der Waals surface area contributed by atoms with Gasteiger partial charge in [0.1, 0.15) is 11.9 Å². The van der Waals surface area contributed by atoms with Gasteiger partial charge in [0, 0.05) is 13.6 Å². The van der Waals surface area contributed by atoms with E-state index in [1.54, 1.807) is 24.3 Å². The number of carboxylic acid groups (broad SMARTS) is 1. The van der Waals surface area contributed by atoms with Gasteiger partial charge in [0.05, 0.1) is 17.4 Å². The number of hydrogen-bond acceptors (Lipinski definition) is 6. The van der Waals surface area contributed by atoms with Crippen LogP contribution in [0.15, 0.2) is 30.5 Å². The summed E-state index contributed by atoms with van der Waals surface area (Å²) >= 11 is 0. The van der Waals surface area contributed by atoms with Crippen molar-refractivity contribution in [1.29, 1.82) is 0 Å². The smallest absolute Gasteiger partial charge is 0.320 e. The van der Waals surface area contributed by atoms with Crippen LogP contribution in [0.5, 0.6) is 5.75 Å². The Bertz CT molecular complexity index is 830. The summed E-state index contributed by atoms with van der Waals surface area (Å²) < 4.78 is 6.49. The van der Waals surface area contributed by atoms with E-state index >= 15 is 0 Å². The van der Waals surface area contributed by atoms with E-state index in [1.807, 2.05) is 6.92 Å². The van der Waals surface area contributed by atoms with Gasteiger partial charge in [0.25, 0.3) is 5.91 Å². The van der Waals surface area contributed by atoms with E-state index in [4.69, 9.17) is 4.74 Å². The predicted octanol–water partition coefficient (Wildman–Crippen LogP) is 1.40. The molecule has 10 nitrogen and oxygen atoms in total. The molecule has 144 valence electrons. The monoisotopic (exact) mass is 376 g/mol. The number of amides is 1. The number of carbonyl (C=O) groups is 2. The number of nitrogens with one attached hydrogen (secondary N) is 1. The quantitative estimate of drug-likeness (QED) is 0.498. The van der Waals surface area contributed by atoms with Crippen LogP contribution in [0, 0.1) is 16.0 Å². The average molecular weight is 376 g/mol. The lowest BCUT2D eigenvalue weighted by atomic mass is 9.99. The molecule has 2 aromatic rings. The molecule has 1 amide bonds. The summed E-state index contributed by atoms with van der Waals surface area (Å²) in [7, 11) is 1.45. The average Bonchev–Trinajstić information content (AvgIpc) is 3.02. The van der Waals surface area contributed by atoms with Crippen LogP contribution in [0.25, 0.3) is 0 Å². The molecular weight excluding hydrogens is 356 g/mol. The van der Waals surface area contributed by atoms with Gasteiger partial charge in [-0.2, -0.15) is 5.10 Å². The molecule has 0 spiro atoms. The molecule has 0 saturated heterocycles. The van der Waals surface area contributed by atoms with Crippen molar-refractivity contribution in [3.05, 3.63) is 51.8 Å². The van der Waals surface area contributed by atoms with E-state index in [9.17, 15) is 24.8 Å². The third-order valence-electron chi connectivity index (χ3n) is 3.80. The first-order valence-corrected chi connectivity index (χ1v) is 8.22. The van der Waals surface area contributed by atoms with Gasteiger partial charge in [-0.1, -0.05) is 12.1 Å². The number of nitro groups is 1. The van der Waals surface area contributed by atoms with Crippen molar-refractivity contribution in [3.63, 3.8) is 0 Å². The van der Waals surface area contributed by atoms with Gasteiger partial charge in [-0.25, -0.2) is 0 Å². The number of aromatic nitrogens is 2. The molecule has 1 aromatic carbocycles. The fourth-order valence-corrected chi connectivity index (χ4v) is 2.49. The highest BCUT2D eigenvalue weighted by molar-refractivity contribution is 5.96. The first-order chi connectivity index (χ1) is 12.8. The molecule has 1 heterocycles. The van der Waals surface area contributed by atoms with Crippen molar-refractivity contribution in [2.45, 2.75) is 13.3 Å². The molecular formula is C17H20N4O6. The van der Waals surface area contributed by atoms with E-state index in [2.05, 4.69) is 10.4 Å². The standard InChI is InChI=1S/C17H20N4O6/c1-3-27-13-6-4-11(5-7-13)8-12(17(23)24)9-18-16(22)15-14(21(25)26)10-20(2)19-15/h4-7,10,12H,3,8-9H2,1-2H3,(H,18,22)(H,23,24). The lowest BCUT2D eigenvalue weighted by molar-refractivity contribution is -0.385. The van der Waals surface area contributed by atoms with Crippen LogP contribution in [-0.2, 0) is 18.3 Å². The van der Waals surface area contributed by atoms with Crippen molar-refractivity contribution >= 4 is 17.6 Å². The molecule has 1 atom stereocenters. The summed E-state index contributed by atoms with van der Waals surface area (Å²) in [6.45, 7) is 2.21. The minimum absolute atomic E-state index is 0.185. The van der Waals surface area contributed by atoms with Crippen molar-refractivity contribution in [2.24, 2.45) is 13.0 Å². The Morgan fingerprint density at radius 3 is 2.59 bits per heavy atom. The summed E-state index contributed by atoms with van der Waals surface area (Å²) in [5.41, 5.74) is -0.0231. The summed E-state index contributed by atoms with van der Waals surface area (Å²) in [6.07, 6.45) is 1.30. The Morgan fingerprint density at radius 2 is 2.04 bits per heavy atom. The topological polar surface area (TPSA) is 137 Å². The minimum atomic E-state index is -1.08. The number of carbonyl (C=O) groups excluding carboxylic acids is 1. The fraction of sp³-hybridized carbons (Fsp3) is 0.353. The number of ether oxygens (including phenoxy) is 1. The molecule has 0 radical (unpaired) electrons. The van der Waals surface area contributed by atoms with Gasteiger partial charge in [-0.3, -0.25) is 24.4 Å². The van der Waals surface area contributed by atoms with Gasteiger partial charge in [0.15, 0.2) is 0 Å². The Labute approximate surface area is 154 Å². The number of aliphatic carboxylic acids is 1. The third kappa shape index (κ3) is 5.27. The number of benzene rings is 1. The van der Waals surface area contributed by atoms with Gasteiger partial charge in [-0.05, 0) is 31.0 Å². The van der Waals surface area contributed by atoms with Gasteiger partial charge < -0.3 is 15.2 Å². The zero-order valence-corrected chi connectivity index (χ0v) is 14.9.